The highest BCUT2D eigenvalue weighted by Gasteiger charge is 2.36. The number of benzene rings is 1. The Morgan fingerprint density at radius 1 is 1.26 bits per heavy atom. The summed E-state index contributed by atoms with van der Waals surface area (Å²) in [6.45, 7) is 6.93. The van der Waals surface area contributed by atoms with E-state index in [4.69, 9.17) is 9.47 Å². The summed E-state index contributed by atoms with van der Waals surface area (Å²) in [5.41, 5.74) is 0.368. The lowest BCUT2D eigenvalue weighted by molar-refractivity contribution is -0.136. The standard InChI is InChI=1S/C17H24N2O3.ClH/c1-17(2,16(20)19(3)13-6-7-18-11-13)12-4-5-14-15(10-12)22-9-8-21-14;/h4-5,10,13,18H,6-9,11H2,1-3H3;1H. The quantitative estimate of drug-likeness (QED) is 0.914. The van der Waals surface area contributed by atoms with Gasteiger partial charge in [-0.15, -0.1) is 12.4 Å². The van der Waals surface area contributed by atoms with Crippen molar-refractivity contribution in [2.45, 2.75) is 31.7 Å². The number of rotatable bonds is 3. The summed E-state index contributed by atoms with van der Waals surface area (Å²) in [7, 11) is 1.90. The van der Waals surface area contributed by atoms with E-state index in [-0.39, 0.29) is 24.4 Å². The van der Waals surface area contributed by atoms with Gasteiger partial charge in [-0.05, 0) is 44.5 Å². The molecule has 23 heavy (non-hydrogen) atoms. The van der Waals surface area contributed by atoms with Crippen molar-refractivity contribution in [3.8, 4) is 11.5 Å². The van der Waals surface area contributed by atoms with Gasteiger partial charge < -0.3 is 19.7 Å². The molecule has 6 heteroatoms. The Kier molecular flexibility index (Phi) is 5.42. The molecule has 1 N–H and O–H groups in total. The predicted molar refractivity (Wildman–Crippen MR) is 91.8 cm³/mol. The fourth-order valence-electron chi connectivity index (χ4n) is 3.13. The lowest BCUT2D eigenvalue weighted by Gasteiger charge is -2.33. The molecule has 1 aromatic rings. The molecule has 0 radical (unpaired) electrons. The molecule has 0 spiro atoms. The number of carbonyl (C=O) groups is 1. The molecule has 1 atom stereocenters. The number of hydrogen-bond acceptors (Lipinski definition) is 4. The summed E-state index contributed by atoms with van der Waals surface area (Å²) < 4.78 is 11.2. The molecule has 2 aliphatic rings. The SMILES string of the molecule is CN(C(=O)C(C)(C)c1ccc2c(c1)OCCO2)C1CCNC1.Cl. The minimum Gasteiger partial charge on any atom is -0.486 e. The van der Waals surface area contributed by atoms with E-state index < -0.39 is 5.41 Å². The van der Waals surface area contributed by atoms with E-state index in [9.17, 15) is 4.79 Å². The third kappa shape index (κ3) is 3.40. The van der Waals surface area contributed by atoms with Crippen molar-refractivity contribution in [3.63, 3.8) is 0 Å². The van der Waals surface area contributed by atoms with Gasteiger partial charge in [0.05, 0.1) is 5.41 Å². The van der Waals surface area contributed by atoms with E-state index in [2.05, 4.69) is 5.32 Å². The molecule has 128 valence electrons. The van der Waals surface area contributed by atoms with E-state index in [1.165, 1.54) is 0 Å². The van der Waals surface area contributed by atoms with Crippen LogP contribution >= 0.6 is 12.4 Å². The molecule has 0 aromatic heterocycles. The molecule has 1 unspecified atom stereocenters. The molecule has 2 heterocycles. The maximum atomic E-state index is 12.9. The molecule has 1 fully saturated rings. The fourth-order valence-corrected chi connectivity index (χ4v) is 3.13. The van der Waals surface area contributed by atoms with E-state index in [0.29, 0.717) is 13.2 Å². The molecule has 0 saturated carbocycles. The summed E-state index contributed by atoms with van der Waals surface area (Å²) in [6.07, 6.45) is 1.01. The molecular weight excluding hydrogens is 316 g/mol. The van der Waals surface area contributed by atoms with Gasteiger partial charge >= 0.3 is 0 Å². The first-order valence-corrected chi connectivity index (χ1v) is 7.88. The number of nitrogens with zero attached hydrogens (tertiary/aromatic N) is 1. The largest absolute Gasteiger partial charge is 0.486 e. The van der Waals surface area contributed by atoms with Gasteiger partial charge in [0, 0.05) is 19.6 Å². The predicted octanol–water partition coefficient (Wildman–Crippen LogP) is 1.98. The molecule has 3 rings (SSSR count). The molecule has 1 saturated heterocycles. The van der Waals surface area contributed by atoms with Gasteiger partial charge in [-0.2, -0.15) is 0 Å². The number of likely N-dealkylation sites (N-methyl/N-ethyl adjacent to an activating group) is 1. The maximum Gasteiger partial charge on any atom is 0.232 e. The normalized spacial score (nSPS) is 19.9. The van der Waals surface area contributed by atoms with Gasteiger partial charge in [-0.25, -0.2) is 0 Å². The summed E-state index contributed by atoms with van der Waals surface area (Å²) in [4.78, 5) is 14.8. The van der Waals surface area contributed by atoms with Crippen molar-refractivity contribution in [2.24, 2.45) is 0 Å². The second-order valence-corrected chi connectivity index (χ2v) is 6.55. The zero-order valence-electron chi connectivity index (χ0n) is 13.9. The first kappa shape index (κ1) is 17.9. The molecule has 5 nitrogen and oxygen atoms in total. The number of nitrogens with one attached hydrogen (secondary N) is 1. The third-order valence-electron chi connectivity index (χ3n) is 4.70. The number of amides is 1. The molecule has 0 aliphatic carbocycles. The number of halogens is 1. The van der Waals surface area contributed by atoms with Crippen LogP contribution in [-0.4, -0.2) is 50.2 Å². The topological polar surface area (TPSA) is 50.8 Å². The van der Waals surface area contributed by atoms with E-state index in [1.54, 1.807) is 0 Å². The first-order valence-electron chi connectivity index (χ1n) is 7.88. The highest BCUT2D eigenvalue weighted by Crippen LogP contribution is 2.36. The Hall–Kier alpha value is -1.46. The number of hydrogen-bond donors (Lipinski definition) is 1. The monoisotopic (exact) mass is 340 g/mol. The van der Waals surface area contributed by atoms with Crippen LogP contribution in [0.2, 0.25) is 0 Å². The molecule has 1 aromatic carbocycles. The van der Waals surface area contributed by atoms with Gasteiger partial charge in [0.15, 0.2) is 11.5 Å². The zero-order valence-corrected chi connectivity index (χ0v) is 14.7. The first-order chi connectivity index (χ1) is 10.5. The molecule has 0 bridgehead atoms. The van der Waals surface area contributed by atoms with Crippen molar-refractivity contribution in [2.75, 3.05) is 33.4 Å². The van der Waals surface area contributed by atoms with Crippen LogP contribution in [0.15, 0.2) is 18.2 Å². The highest BCUT2D eigenvalue weighted by molar-refractivity contribution is 5.87. The zero-order chi connectivity index (χ0) is 15.7. The lowest BCUT2D eigenvalue weighted by atomic mass is 9.82. The third-order valence-corrected chi connectivity index (χ3v) is 4.70. The molecule has 2 aliphatic heterocycles. The van der Waals surface area contributed by atoms with E-state index in [0.717, 1.165) is 36.6 Å². The van der Waals surface area contributed by atoms with E-state index >= 15 is 0 Å². The molecular formula is C17H25ClN2O3. The lowest BCUT2D eigenvalue weighted by Crippen LogP contribution is -2.47. The van der Waals surface area contributed by atoms with Crippen LogP contribution in [0.1, 0.15) is 25.8 Å². The second kappa shape index (κ2) is 6.97. The van der Waals surface area contributed by atoms with Gasteiger partial charge in [0.25, 0.3) is 0 Å². The Balaban J connectivity index is 0.00000192. The van der Waals surface area contributed by atoms with Crippen molar-refractivity contribution in [1.29, 1.82) is 0 Å². The van der Waals surface area contributed by atoms with Gasteiger partial charge in [-0.3, -0.25) is 4.79 Å². The average Bonchev–Trinajstić information content (AvgIpc) is 3.07. The van der Waals surface area contributed by atoms with Crippen LogP contribution in [0.3, 0.4) is 0 Å². The fraction of sp³-hybridized carbons (Fsp3) is 0.588. The van der Waals surface area contributed by atoms with Crippen LogP contribution in [0.25, 0.3) is 0 Å². The molecule has 1 amide bonds. The summed E-state index contributed by atoms with van der Waals surface area (Å²) in [5, 5.41) is 3.31. The van der Waals surface area contributed by atoms with Crippen LogP contribution in [0.4, 0.5) is 0 Å². The number of fused-ring (bicyclic) bond motifs is 1. The summed E-state index contributed by atoms with van der Waals surface area (Å²) in [5.74, 6) is 1.62. The Labute approximate surface area is 143 Å². The van der Waals surface area contributed by atoms with Gasteiger partial charge in [-0.1, -0.05) is 6.07 Å². The van der Waals surface area contributed by atoms with Crippen molar-refractivity contribution < 1.29 is 14.3 Å². The van der Waals surface area contributed by atoms with Crippen LogP contribution in [-0.2, 0) is 10.2 Å². The second-order valence-electron chi connectivity index (χ2n) is 6.55. The Morgan fingerprint density at radius 3 is 2.61 bits per heavy atom. The van der Waals surface area contributed by atoms with Gasteiger partial charge in [0.2, 0.25) is 5.91 Å². The summed E-state index contributed by atoms with van der Waals surface area (Å²) in [6, 6.07) is 6.08. The van der Waals surface area contributed by atoms with Gasteiger partial charge in [0.1, 0.15) is 13.2 Å². The van der Waals surface area contributed by atoms with Crippen molar-refractivity contribution >= 4 is 18.3 Å². The summed E-state index contributed by atoms with van der Waals surface area (Å²) >= 11 is 0. The number of ether oxygens (including phenoxy) is 2. The highest BCUT2D eigenvalue weighted by atomic mass is 35.5. The average molecular weight is 341 g/mol. The van der Waals surface area contributed by atoms with Crippen molar-refractivity contribution in [1.82, 2.24) is 10.2 Å². The Bertz CT molecular complexity index is 571. The Morgan fingerprint density at radius 2 is 1.96 bits per heavy atom. The smallest absolute Gasteiger partial charge is 0.232 e. The number of carbonyl (C=O) groups excluding carboxylic acids is 1. The van der Waals surface area contributed by atoms with Crippen LogP contribution < -0.4 is 14.8 Å². The van der Waals surface area contributed by atoms with E-state index in [1.807, 2.05) is 44.0 Å². The maximum absolute atomic E-state index is 12.9. The minimum atomic E-state index is -0.590. The van der Waals surface area contributed by atoms with Crippen LogP contribution in [0, 0.1) is 0 Å². The van der Waals surface area contributed by atoms with Crippen LogP contribution in [0.5, 0.6) is 11.5 Å². The minimum absolute atomic E-state index is 0. The van der Waals surface area contributed by atoms with Crippen molar-refractivity contribution in [3.05, 3.63) is 23.8 Å².